The van der Waals surface area contributed by atoms with Gasteiger partial charge in [0.15, 0.2) is 10.9 Å². The molecule has 1 aromatic carbocycles. The number of Topliss-reactive ketones (excluding diaryl/α,β-unsaturated/α-hetero) is 1. The summed E-state index contributed by atoms with van der Waals surface area (Å²) >= 11 is 1.64. The van der Waals surface area contributed by atoms with Crippen molar-refractivity contribution in [1.82, 2.24) is 9.88 Å². The van der Waals surface area contributed by atoms with Crippen LogP contribution in [0.4, 0.5) is 5.13 Å². The minimum Gasteiger partial charge on any atom is -0.507 e. The summed E-state index contributed by atoms with van der Waals surface area (Å²) in [5.74, 6) is -0.945. The Morgan fingerprint density at radius 1 is 1.26 bits per heavy atom. The van der Waals surface area contributed by atoms with Gasteiger partial charge in [0.05, 0.1) is 18.8 Å². The normalized spacial score (nSPS) is 16.2. The molecule has 1 aliphatic rings. The van der Waals surface area contributed by atoms with Crippen molar-refractivity contribution in [2.75, 3.05) is 38.2 Å². The number of aromatic nitrogens is 1. The number of thiazole rings is 1. The molecule has 1 fully saturated rings. The molecule has 144 valence electrons. The quantitative estimate of drug-likeness (QED) is 0.621. The highest BCUT2D eigenvalue weighted by atomic mass is 32.1. The molecule has 2 aromatic rings. The molecule has 1 N–H and O–H groups in total. The Morgan fingerprint density at radius 2 is 1.96 bits per heavy atom. The van der Waals surface area contributed by atoms with Crippen molar-refractivity contribution in [2.45, 2.75) is 19.9 Å². The van der Waals surface area contributed by atoms with Gasteiger partial charge in [-0.15, -0.1) is 11.3 Å². The molecule has 27 heavy (non-hydrogen) atoms. The first-order valence-electron chi connectivity index (χ1n) is 8.77. The number of rotatable bonds is 5. The van der Waals surface area contributed by atoms with E-state index in [0.717, 1.165) is 37.0 Å². The number of phenolic OH excluding ortho intramolecular Hbond substituents is 1. The summed E-state index contributed by atoms with van der Waals surface area (Å²) in [6, 6.07) is 3.97. The maximum Gasteiger partial charge on any atom is 0.341 e. The van der Waals surface area contributed by atoms with E-state index < -0.39 is 5.97 Å². The standard InChI is InChI=1S/C19H23N3O4S/c1-12-11-27-19(20-12)22-8-6-21(7-9-22)13(2)17(24)14-4-5-16(23)15(10-14)18(25)26-3/h4-5,10-11,13,23H,6-9H2,1-3H3. The minimum atomic E-state index is -0.665. The van der Waals surface area contributed by atoms with E-state index in [1.165, 1.54) is 25.3 Å². The Labute approximate surface area is 162 Å². The summed E-state index contributed by atoms with van der Waals surface area (Å²) in [7, 11) is 1.24. The lowest BCUT2D eigenvalue weighted by Gasteiger charge is -2.37. The number of methoxy groups -OCH3 is 1. The summed E-state index contributed by atoms with van der Waals surface area (Å²) in [4.78, 5) is 33.5. The monoisotopic (exact) mass is 389 g/mol. The van der Waals surface area contributed by atoms with E-state index in [0.29, 0.717) is 5.56 Å². The fraction of sp³-hybridized carbons (Fsp3) is 0.421. The SMILES string of the molecule is COC(=O)c1cc(C(=O)C(C)N2CCN(c3nc(C)cs3)CC2)ccc1O. The van der Waals surface area contributed by atoms with E-state index in [4.69, 9.17) is 0 Å². The van der Waals surface area contributed by atoms with Crippen molar-refractivity contribution in [3.05, 3.63) is 40.4 Å². The van der Waals surface area contributed by atoms with Gasteiger partial charge in [0, 0.05) is 37.1 Å². The number of piperazine rings is 1. The first-order valence-corrected chi connectivity index (χ1v) is 9.65. The molecular formula is C19H23N3O4S. The number of aromatic hydroxyl groups is 1. The van der Waals surface area contributed by atoms with Crippen molar-refractivity contribution in [3.8, 4) is 5.75 Å². The number of carbonyl (C=O) groups excluding carboxylic acids is 2. The maximum atomic E-state index is 12.9. The molecule has 0 saturated carbocycles. The van der Waals surface area contributed by atoms with Crippen LogP contribution >= 0.6 is 11.3 Å². The van der Waals surface area contributed by atoms with E-state index in [1.54, 1.807) is 11.3 Å². The first kappa shape index (κ1) is 19.3. The molecular weight excluding hydrogens is 366 g/mol. The third kappa shape index (κ3) is 4.12. The fourth-order valence-corrected chi connectivity index (χ4v) is 4.01. The highest BCUT2D eigenvalue weighted by Gasteiger charge is 2.28. The number of phenols is 1. The number of hydrogen-bond acceptors (Lipinski definition) is 8. The number of benzene rings is 1. The van der Waals surface area contributed by atoms with Crippen LogP contribution < -0.4 is 4.90 Å². The van der Waals surface area contributed by atoms with Crippen molar-refractivity contribution in [3.63, 3.8) is 0 Å². The van der Waals surface area contributed by atoms with Crippen molar-refractivity contribution < 1.29 is 19.4 Å². The zero-order valence-electron chi connectivity index (χ0n) is 15.6. The van der Waals surface area contributed by atoms with Crippen LogP contribution in [0.15, 0.2) is 23.6 Å². The lowest BCUT2D eigenvalue weighted by atomic mass is 10.0. The largest absolute Gasteiger partial charge is 0.507 e. The van der Waals surface area contributed by atoms with Gasteiger partial charge in [0.1, 0.15) is 11.3 Å². The molecule has 3 rings (SSSR count). The summed E-state index contributed by atoms with van der Waals surface area (Å²) in [6.07, 6.45) is 0. The van der Waals surface area contributed by atoms with Crippen LogP contribution in [0.5, 0.6) is 5.75 Å². The predicted molar refractivity (Wildman–Crippen MR) is 104 cm³/mol. The van der Waals surface area contributed by atoms with Crippen molar-refractivity contribution >= 4 is 28.2 Å². The average Bonchev–Trinajstić information content (AvgIpc) is 3.13. The lowest BCUT2D eigenvalue weighted by Crippen LogP contribution is -2.51. The van der Waals surface area contributed by atoms with Gasteiger partial charge in [-0.2, -0.15) is 0 Å². The van der Waals surface area contributed by atoms with Gasteiger partial charge in [-0.1, -0.05) is 0 Å². The van der Waals surface area contributed by atoms with Gasteiger partial charge >= 0.3 is 5.97 Å². The Balaban J connectivity index is 1.67. The predicted octanol–water partition coefficient (Wildman–Crippen LogP) is 2.34. The highest BCUT2D eigenvalue weighted by molar-refractivity contribution is 7.13. The molecule has 0 spiro atoms. The van der Waals surface area contributed by atoms with E-state index in [9.17, 15) is 14.7 Å². The summed E-state index contributed by atoms with van der Waals surface area (Å²) in [6.45, 7) is 7.00. The zero-order valence-corrected chi connectivity index (χ0v) is 16.5. The number of aryl methyl sites for hydroxylation is 1. The number of nitrogens with zero attached hydrogens (tertiary/aromatic N) is 3. The van der Waals surface area contributed by atoms with E-state index >= 15 is 0 Å². The third-order valence-corrected chi connectivity index (χ3v) is 5.82. The van der Waals surface area contributed by atoms with Crippen molar-refractivity contribution in [1.29, 1.82) is 0 Å². The van der Waals surface area contributed by atoms with Gasteiger partial charge in [-0.3, -0.25) is 9.69 Å². The molecule has 0 aliphatic carbocycles. The van der Waals surface area contributed by atoms with Gasteiger partial charge in [-0.05, 0) is 32.0 Å². The Morgan fingerprint density at radius 3 is 2.56 bits per heavy atom. The van der Waals surface area contributed by atoms with Crippen LogP contribution in [0.3, 0.4) is 0 Å². The molecule has 1 saturated heterocycles. The Bertz CT molecular complexity index is 843. The topological polar surface area (TPSA) is 83.0 Å². The minimum absolute atomic E-state index is 0.000455. The second-order valence-electron chi connectivity index (χ2n) is 6.56. The van der Waals surface area contributed by atoms with Crippen LogP contribution in [0.25, 0.3) is 0 Å². The highest BCUT2D eigenvalue weighted by Crippen LogP contribution is 2.24. The van der Waals surface area contributed by atoms with Crippen LogP contribution in [0.2, 0.25) is 0 Å². The molecule has 0 radical (unpaired) electrons. The average molecular weight is 389 g/mol. The van der Waals surface area contributed by atoms with Crippen LogP contribution in [0.1, 0.15) is 33.3 Å². The van der Waals surface area contributed by atoms with Crippen LogP contribution in [0, 0.1) is 6.92 Å². The third-order valence-electron chi connectivity index (χ3n) is 4.81. The Hall–Kier alpha value is -2.45. The molecule has 8 heteroatoms. The van der Waals surface area contributed by atoms with E-state index in [1.807, 2.05) is 19.2 Å². The number of hydrogen-bond donors (Lipinski definition) is 1. The molecule has 1 unspecified atom stereocenters. The van der Waals surface area contributed by atoms with Crippen LogP contribution in [-0.4, -0.2) is 66.1 Å². The zero-order chi connectivity index (χ0) is 19.6. The Kier molecular flexibility index (Phi) is 5.76. The molecule has 1 atom stereocenters. The number of anilines is 1. The molecule has 2 heterocycles. The van der Waals surface area contributed by atoms with Gasteiger partial charge in [0.25, 0.3) is 0 Å². The number of ketones is 1. The molecule has 1 aromatic heterocycles. The van der Waals surface area contributed by atoms with E-state index in [-0.39, 0.29) is 23.1 Å². The molecule has 0 bridgehead atoms. The van der Waals surface area contributed by atoms with Gasteiger partial charge in [0.2, 0.25) is 0 Å². The molecule has 1 aliphatic heterocycles. The maximum absolute atomic E-state index is 12.9. The van der Waals surface area contributed by atoms with Gasteiger partial charge < -0.3 is 14.7 Å². The van der Waals surface area contributed by atoms with Crippen molar-refractivity contribution in [2.24, 2.45) is 0 Å². The van der Waals surface area contributed by atoms with Crippen LogP contribution in [-0.2, 0) is 4.74 Å². The van der Waals surface area contributed by atoms with E-state index in [2.05, 4.69) is 19.5 Å². The smallest absolute Gasteiger partial charge is 0.341 e. The summed E-state index contributed by atoms with van der Waals surface area (Å²) in [5.41, 5.74) is 1.41. The number of esters is 1. The second kappa shape index (κ2) is 8.06. The summed E-state index contributed by atoms with van der Waals surface area (Å²) < 4.78 is 4.65. The second-order valence-corrected chi connectivity index (χ2v) is 7.39. The first-order chi connectivity index (χ1) is 12.9. The number of carbonyl (C=O) groups is 2. The number of ether oxygens (including phenoxy) is 1. The molecule has 0 amide bonds. The summed E-state index contributed by atoms with van der Waals surface area (Å²) in [5, 5.41) is 12.9. The lowest BCUT2D eigenvalue weighted by molar-refractivity contribution is 0.0597. The molecule has 7 nitrogen and oxygen atoms in total. The van der Waals surface area contributed by atoms with Gasteiger partial charge in [-0.25, -0.2) is 9.78 Å². The fourth-order valence-electron chi connectivity index (χ4n) is 3.16.